The summed E-state index contributed by atoms with van der Waals surface area (Å²) in [5.41, 5.74) is 4.12. The molecule has 4 rings (SSSR count). The average molecular weight is 394 g/mol. The molecular weight excluding hydrogens is 370 g/mol. The third-order valence-corrected chi connectivity index (χ3v) is 6.14. The van der Waals surface area contributed by atoms with Gasteiger partial charge in [-0.15, -0.1) is 11.3 Å². The van der Waals surface area contributed by atoms with Crippen molar-refractivity contribution in [2.75, 3.05) is 20.8 Å². The maximum absolute atomic E-state index is 13.4. The largest absolute Gasteiger partial charge is 0.493 e. The summed E-state index contributed by atoms with van der Waals surface area (Å²) in [6, 6.07) is 15.9. The lowest BCUT2D eigenvalue weighted by Crippen LogP contribution is -2.40. The van der Waals surface area contributed by atoms with E-state index in [-0.39, 0.29) is 11.9 Å². The molecule has 2 heterocycles. The van der Waals surface area contributed by atoms with Crippen LogP contribution in [0.5, 0.6) is 11.5 Å². The standard InChI is InChI=1S/C23H23NO3S/c1-15-6-4-7-17(12-15)23(25)24-10-9-16-13-19(26-2)20(27-3)14-18(16)22(24)21-8-5-11-28-21/h4-8,11-14,22H,9-10H2,1-3H3. The van der Waals surface area contributed by atoms with Crippen LogP contribution in [0.3, 0.4) is 0 Å². The number of methoxy groups -OCH3 is 2. The fraction of sp³-hybridized carbons (Fsp3) is 0.261. The molecule has 1 atom stereocenters. The first-order valence-electron chi connectivity index (χ1n) is 9.28. The van der Waals surface area contributed by atoms with Crippen LogP contribution in [0.1, 0.15) is 38.0 Å². The number of nitrogens with zero attached hydrogens (tertiary/aromatic N) is 1. The van der Waals surface area contributed by atoms with E-state index in [9.17, 15) is 4.79 Å². The predicted molar refractivity (Wildman–Crippen MR) is 112 cm³/mol. The smallest absolute Gasteiger partial charge is 0.254 e. The zero-order valence-corrected chi connectivity index (χ0v) is 17.1. The van der Waals surface area contributed by atoms with Gasteiger partial charge in [-0.25, -0.2) is 0 Å². The van der Waals surface area contributed by atoms with Crippen molar-refractivity contribution in [1.29, 1.82) is 0 Å². The molecule has 0 saturated carbocycles. The second kappa shape index (κ2) is 7.68. The molecular formula is C23H23NO3S. The highest BCUT2D eigenvalue weighted by Crippen LogP contribution is 2.42. The number of fused-ring (bicyclic) bond motifs is 1. The van der Waals surface area contributed by atoms with Crippen LogP contribution in [0.15, 0.2) is 53.9 Å². The van der Waals surface area contributed by atoms with Crippen molar-refractivity contribution in [1.82, 2.24) is 4.90 Å². The van der Waals surface area contributed by atoms with Gasteiger partial charge >= 0.3 is 0 Å². The number of hydrogen-bond acceptors (Lipinski definition) is 4. The van der Waals surface area contributed by atoms with E-state index < -0.39 is 0 Å². The Labute approximate surface area is 169 Å². The highest BCUT2D eigenvalue weighted by Gasteiger charge is 2.34. The molecule has 144 valence electrons. The quantitative estimate of drug-likeness (QED) is 0.635. The Hall–Kier alpha value is -2.79. The van der Waals surface area contributed by atoms with Crippen molar-refractivity contribution in [3.05, 3.63) is 81.0 Å². The number of hydrogen-bond donors (Lipinski definition) is 0. The normalized spacial score (nSPS) is 15.8. The van der Waals surface area contributed by atoms with Crippen LogP contribution in [0.2, 0.25) is 0 Å². The number of carbonyl (C=O) groups is 1. The number of amides is 1. The minimum absolute atomic E-state index is 0.0579. The maximum atomic E-state index is 13.4. The molecule has 1 aliphatic rings. The number of benzene rings is 2. The summed E-state index contributed by atoms with van der Waals surface area (Å²) < 4.78 is 11.0. The summed E-state index contributed by atoms with van der Waals surface area (Å²) in [5, 5.41) is 2.06. The number of aryl methyl sites for hydroxylation is 1. The SMILES string of the molecule is COc1cc2c(cc1OC)C(c1cccs1)N(C(=O)c1cccc(C)c1)CC2. The minimum Gasteiger partial charge on any atom is -0.493 e. The van der Waals surface area contributed by atoms with E-state index in [4.69, 9.17) is 9.47 Å². The number of rotatable bonds is 4. The van der Waals surface area contributed by atoms with Gasteiger partial charge < -0.3 is 14.4 Å². The van der Waals surface area contributed by atoms with Gasteiger partial charge in [0, 0.05) is 17.0 Å². The monoisotopic (exact) mass is 393 g/mol. The van der Waals surface area contributed by atoms with Crippen LogP contribution in [-0.4, -0.2) is 31.6 Å². The Morgan fingerprint density at radius 2 is 1.86 bits per heavy atom. The molecule has 5 heteroatoms. The molecule has 0 saturated heterocycles. The van der Waals surface area contributed by atoms with Crippen molar-refractivity contribution in [3.63, 3.8) is 0 Å². The van der Waals surface area contributed by atoms with Crippen molar-refractivity contribution >= 4 is 17.2 Å². The summed E-state index contributed by atoms with van der Waals surface area (Å²) in [4.78, 5) is 16.5. The predicted octanol–water partition coefficient (Wildman–Crippen LogP) is 4.86. The van der Waals surface area contributed by atoms with Crippen molar-refractivity contribution < 1.29 is 14.3 Å². The number of carbonyl (C=O) groups excluding carboxylic acids is 1. The molecule has 0 fully saturated rings. The first-order valence-corrected chi connectivity index (χ1v) is 10.2. The lowest BCUT2D eigenvalue weighted by atomic mass is 9.90. The Morgan fingerprint density at radius 1 is 1.07 bits per heavy atom. The highest BCUT2D eigenvalue weighted by molar-refractivity contribution is 7.10. The van der Waals surface area contributed by atoms with Crippen LogP contribution in [0, 0.1) is 6.92 Å². The van der Waals surface area contributed by atoms with Gasteiger partial charge in [0.05, 0.1) is 20.3 Å². The third kappa shape index (κ3) is 3.27. The van der Waals surface area contributed by atoms with Crippen molar-refractivity contribution in [2.24, 2.45) is 0 Å². The molecule has 1 unspecified atom stereocenters. The van der Waals surface area contributed by atoms with E-state index in [2.05, 4.69) is 11.4 Å². The molecule has 0 spiro atoms. The Morgan fingerprint density at radius 3 is 2.54 bits per heavy atom. The zero-order chi connectivity index (χ0) is 19.7. The van der Waals surface area contributed by atoms with E-state index in [1.54, 1.807) is 25.6 Å². The van der Waals surface area contributed by atoms with E-state index in [1.807, 2.05) is 54.3 Å². The molecule has 1 aliphatic heterocycles. The van der Waals surface area contributed by atoms with Crippen molar-refractivity contribution in [2.45, 2.75) is 19.4 Å². The van der Waals surface area contributed by atoms with Gasteiger partial charge in [-0.05, 0) is 60.2 Å². The fourth-order valence-electron chi connectivity index (χ4n) is 3.86. The van der Waals surface area contributed by atoms with Crippen LogP contribution in [-0.2, 0) is 6.42 Å². The summed E-state index contributed by atoms with van der Waals surface area (Å²) in [6.45, 7) is 2.67. The van der Waals surface area contributed by atoms with Crippen LogP contribution in [0.25, 0.3) is 0 Å². The number of ether oxygens (including phenoxy) is 2. The summed E-state index contributed by atoms with van der Waals surface area (Å²) >= 11 is 1.67. The van der Waals surface area contributed by atoms with Gasteiger partial charge in [-0.1, -0.05) is 23.8 Å². The van der Waals surface area contributed by atoms with Crippen LogP contribution in [0.4, 0.5) is 0 Å². The van der Waals surface area contributed by atoms with E-state index in [1.165, 1.54) is 5.56 Å². The molecule has 0 N–H and O–H groups in total. The van der Waals surface area contributed by atoms with Crippen molar-refractivity contribution in [3.8, 4) is 11.5 Å². The second-order valence-corrected chi connectivity index (χ2v) is 7.92. The number of thiophene rings is 1. The van der Waals surface area contributed by atoms with Gasteiger partial charge in [0.1, 0.15) is 0 Å². The first kappa shape index (κ1) is 18.6. The van der Waals surface area contributed by atoms with Crippen LogP contribution >= 0.6 is 11.3 Å². The molecule has 1 amide bonds. The maximum Gasteiger partial charge on any atom is 0.254 e. The lowest BCUT2D eigenvalue weighted by molar-refractivity contribution is 0.0697. The second-order valence-electron chi connectivity index (χ2n) is 6.94. The minimum atomic E-state index is -0.128. The van der Waals surface area contributed by atoms with Crippen LogP contribution < -0.4 is 9.47 Å². The van der Waals surface area contributed by atoms with Gasteiger partial charge in [0.2, 0.25) is 0 Å². The lowest BCUT2D eigenvalue weighted by Gasteiger charge is -2.37. The van der Waals surface area contributed by atoms with E-state index >= 15 is 0 Å². The topological polar surface area (TPSA) is 38.8 Å². The van der Waals surface area contributed by atoms with Gasteiger partial charge in [-0.2, -0.15) is 0 Å². The first-order chi connectivity index (χ1) is 13.6. The third-order valence-electron chi connectivity index (χ3n) is 5.21. The van der Waals surface area contributed by atoms with Gasteiger partial charge in [0.15, 0.2) is 11.5 Å². The van der Waals surface area contributed by atoms with Gasteiger partial charge in [0.25, 0.3) is 5.91 Å². The average Bonchev–Trinajstić information content (AvgIpc) is 3.25. The molecule has 28 heavy (non-hydrogen) atoms. The van der Waals surface area contributed by atoms with E-state index in [0.29, 0.717) is 12.3 Å². The molecule has 0 radical (unpaired) electrons. The molecule has 0 aliphatic carbocycles. The summed E-state index contributed by atoms with van der Waals surface area (Å²) in [6.07, 6.45) is 0.787. The molecule has 2 aromatic carbocycles. The highest BCUT2D eigenvalue weighted by atomic mass is 32.1. The molecule has 3 aromatic rings. The Bertz CT molecular complexity index is 997. The van der Waals surface area contributed by atoms with Gasteiger partial charge in [-0.3, -0.25) is 4.79 Å². The molecule has 0 bridgehead atoms. The summed E-state index contributed by atoms with van der Waals surface area (Å²) in [5.74, 6) is 1.47. The fourth-order valence-corrected chi connectivity index (χ4v) is 4.72. The Balaban J connectivity index is 1.82. The zero-order valence-electron chi connectivity index (χ0n) is 16.3. The van der Waals surface area contributed by atoms with E-state index in [0.717, 1.165) is 33.7 Å². The summed E-state index contributed by atoms with van der Waals surface area (Å²) in [7, 11) is 3.29. The molecule has 4 nitrogen and oxygen atoms in total. The molecule has 1 aromatic heterocycles. The Kier molecular flexibility index (Phi) is 5.09.